The first-order valence-corrected chi connectivity index (χ1v) is 13.3. The zero-order valence-corrected chi connectivity index (χ0v) is 22.1. The van der Waals surface area contributed by atoms with Crippen molar-refractivity contribution in [2.45, 2.75) is 52.2 Å². The molecule has 37 heavy (non-hydrogen) atoms. The van der Waals surface area contributed by atoms with Gasteiger partial charge < -0.3 is 9.64 Å². The maximum absolute atomic E-state index is 12.9. The van der Waals surface area contributed by atoms with E-state index in [0.29, 0.717) is 30.2 Å². The van der Waals surface area contributed by atoms with Crippen molar-refractivity contribution in [1.29, 1.82) is 0 Å². The molecule has 1 aliphatic heterocycles. The summed E-state index contributed by atoms with van der Waals surface area (Å²) in [6.07, 6.45) is 1.98. The maximum Gasteiger partial charge on any atom is 0.410 e. The molecule has 4 aromatic rings. The molecule has 3 aromatic carbocycles. The Hall–Kier alpha value is -3.78. The molecule has 0 aliphatic carbocycles. The zero-order chi connectivity index (χ0) is 26.0. The molecule has 0 unspecified atom stereocenters. The van der Waals surface area contributed by atoms with Gasteiger partial charge in [0.2, 0.25) is 5.13 Å². The summed E-state index contributed by atoms with van der Waals surface area (Å²) in [6, 6.07) is 20.3. The van der Waals surface area contributed by atoms with E-state index in [4.69, 9.17) is 4.74 Å². The van der Waals surface area contributed by atoms with E-state index in [1.807, 2.05) is 39.0 Å². The van der Waals surface area contributed by atoms with Crippen molar-refractivity contribution < 1.29 is 14.3 Å². The molecule has 0 saturated carbocycles. The molecule has 0 spiro atoms. The van der Waals surface area contributed by atoms with Gasteiger partial charge in [0.05, 0.1) is 0 Å². The van der Waals surface area contributed by atoms with Crippen LogP contribution in [0.2, 0.25) is 0 Å². The molecule has 5 rings (SSSR count). The predicted molar refractivity (Wildman–Crippen MR) is 146 cm³/mol. The number of rotatable bonds is 5. The highest BCUT2D eigenvalue weighted by Gasteiger charge is 2.26. The van der Waals surface area contributed by atoms with Crippen LogP contribution in [-0.4, -0.2) is 39.2 Å². The highest BCUT2D eigenvalue weighted by atomic mass is 32.1. The summed E-state index contributed by atoms with van der Waals surface area (Å²) in [4.78, 5) is 27.0. The summed E-state index contributed by atoms with van der Waals surface area (Å²) in [5.74, 6) is -0.214. The fourth-order valence-corrected chi connectivity index (χ4v) is 5.24. The highest BCUT2D eigenvalue weighted by molar-refractivity contribution is 7.15. The van der Waals surface area contributed by atoms with Crippen molar-refractivity contribution in [2.24, 2.45) is 0 Å². The van der Waals surface area contributed by atoms with E-state index >= 15 is 0 Å². The minimum Gasteiger partial charge on any atom is -0.444 e. The van der Waals surface area contributed by atoms with Crippen LogP contribution in [0.25, 0.3) is 10.8 Å². The number of nitrogens with zero attached hydrogens (tertiary/aromatic N) is 3. The Morgan fingerprint density at radius 2 is 1.81 bits per heavy atom. The molecular weight excluding hydrogens is 484 g/mol. The van der Waals surface area contributed by atoms with Crippen molar-refractivity contribution in [3.63, 3.8) is 0 Å². The minimum atomic E-state index is -0.528. The molecule has 0 saturated heterocycles. The van der Waals surface area contributed by atoms with Crippen molar-refractivity contribution in [2.75, 3.05) is 11.9 Å². The van der Waals surface area contributed by atoms with Crippen LogP contribution in [0.5, 0.6) is 0 Å². The van der Waals surface area contributed by atoms with Gasteiger partial charge in [-0.25, -0.2) is 4.79 Å². The molecule has 0 fully saturated rings. The van der Waals surface area contributed by atoms with Gasteiger partial charge in [0.15, 0.2) is 0 Å². The molecule has 7 nitrogen and oxygen atoms in total. The monoisotopic (exact) mass is 514 g/mol. The molecule has 190 valence electrons. The van der Waals surface area contributed by atoms with E-state index in [0.717, 1.165) is 29.0 Å². The third kappa shape index (κ3) is 5.97. The topological polar surface area (TPSA) is 84.4 Å². The fraction of sp³-hybridized carbons (Fsp3) is 0.310. The standard InChI is InChI=1S/C29H30N4O3S/c1-29(2,3)36-28(35)33-16-15-21-17-22(11-12-23(21)18-33)26(34)30-27-32-31-25(37-27)14-13-20-9-6-8-19-7-4-5-10-24(19)20/h4-12,17H,13-16,18H2,1-3H3,(H,30,32,34). The van der Waals surface area contributed by atoms with Gasteiger partial charge in [-0.15, -0.1) is 10.2 Å². The lowest BCUT2D eigenvalue weighted by Gasteiger charge is -2.31. The molecule has 1 aromatic heterocycles. The molecule has 0 radical (unpaired) electrons. The van der Waals surface area contributed by atoms with Crippen LogP contribution in [0.15, 0.2) is 60.7 Å². The van der Waals surface area contributed by atoms with Crippen LogP contribution < -0.4 is 5.32 Å². The lowest BCUT2D eigenvalue weighted by molar-refractivity contribution is 0.0224. The average molecular weight is 515 g/mol. The SMILES string of the molecule is CC(C)(C)OC(=O)N1CCc2cc(C(=O)Nc3nnc(CCc4cccc5ccccc45)s3)ccc2C1. The Morgan fingerprint density at radius 1 is 1.00 bits per heavy atom. The highest BCUT2D eigenvalue weighted by Crippen LogP contribution is 2.25. The van der Waals surface area contributed by atoms with Gasteiger partial charge >= 0.3 is 6.09 Å². The smallest absolute Gasteiger partial charge is 0.410 e. The quantitative estimate of drug-likeness (QED) is 0.352. The normalized spacial score (nSPS) is 13.3. The first kappa shape index (κ1) is 24.9. The number of fused-ring (bicyclic) bond motifs is 2. The van der Waals surface area contributed by atoms with Gasteiger partial charge in [0.25, 0.3) is 5.91 Å². The number of hydrogen-bond donors (Lipinski definition) is 1. The third-order valence-corrected chi connectivity index (χ3v) is 7.21. The molecule has 2 heterocycles. The van der Waals surface area contributed by atoms with Crippen LogP contribution in [0.1, 0.15) is 52.8 Å². The number of anilines is 1. The van der Waals surface area contributed by atoms with E-state index in [9.17, 15) is 9.59 Å². The van der Waals surface area contributed by atoms with Crippen LogP contribution in [0.3, 0.4) is 0 Å². The Balaban J connectivity index is 1.19. The molecule has 0 bridgehead atoms. The van der Waals surface area contributed by atoms with E-state index < -0.39 is 5.60 Å². The number of aryl methyl sites for hydroxylation is 2. The van der Waals surface area contributed by atoms with E-state index in [1.54, 1.807) is 11.0 Å². The Labute approximate surface area is 220 Å². The van der Waals surface area contributed by atoms with Gasteiger partial charge in [-0.2, -0.15) is 0 Å². The fourth-order valence-electron chi connectivity index (χ4n) is 4.50. The van der Waals surface area contributed by atoms with Crippen molar-refractivity contribution in [1.82, 2.24) is 15.1 Å². The lowest BCUT2D eigenvalue weighted by atomic mass is 9.97. The molecule has 1 N–H and O–H groups in total. The summed E-state index contributed by atoms with van der Waals surface area (Å²) < 4.78 is 5.49. The summed E-state index contributed by atoms with van der Waals surface area (Å²) >= 11 is 1.40. The number of carbonyl (C=O) groups excluding carboxylic acids is 2. The zero-order valence-electron chi connectivity index (χ0n) is 21.3. The maximum atomic E-state index is 12.9. The first-order valence-electron chi connectivity index (χ1n) is 12.5. The second-order valence-corrected chi connectivity index (χ2v) is 11.3. The Morgan fingerprint density at radius 3 is 2.65 bits per heavy atom. The Kier molecular flexibility index (Phi) is 6.93. The molecule has 1 aliphatic rings. The van der Waals surface area contributed by atoms with Gasteiger partial charge in [0, 0.05) is 25.1 Å². The third-order valence-electron chi connectivity index (χ3n) is 6.31. The van der Waals surface area contributed by atoms with Crippen LogP contribution in [-0.2, 0) is 30.5 Å². The van der Waals surface area contributed by atoms with Gasteiger partial charge in [0.1, 0.15) is 10.6 Å². The summed E-state index contributed by atoms with van der Waals surface area (Å²) in [6.45, 7) is 6.62. The van der Waals surface area contributed by atoms with Crippen molar-refractivity contribution in [3.05, 3.63) is 87.9 Å². The van der Waals surface area contributed by atoms with E-state index in [2.05, 4.69) is 51.9 Å². The van der Waals surface area contributed by atoms with Crippen molar-refractivity contribution in [3.8, 4) is 0 Å². The summed E-state index contributed by atoms with van der Waals surface area (Å²) in [7, 11) is 0. The first-order chi connectivity index (χ1) is 17.7. The van der Waals surface area contributed by atoms with Gasteiger partial charge in [-0.1, -0.05) is 59.9 Å². The van der Waals surface area contributed by atoms with Gasteiger partial charge in [-0.3, -0.25) is 10.1 Å². The summed E-state index contributed by atoms with van der Waals surface area (Å²) in [5.41, 5.74) is 3.41. The number of amides is 2. The van der Waals surface area contributed by atoms with Crippen LogP contribution in [0, 0.1) is 0 Å². The molecule has 0 atom stereocenters. The van der Waals surface area contributed by atoms with Crippen LogP contribution in [0.4, 0.5) is 9.93 Å². The second kappa shape index (κ2) is 10.3. The van der Waals surface area contributed by atoms with Crippen LogP contribution >= 0.6 is 11.3 Å². The second-order valence-electron chi connectivity index (χ2n) is 10.2. The number of ether oxygens (including phenoxy) is 1. The lowest BCUT2D eigenvalue weighted by Crippen LogP contribution is -2.39. The number of benzene rings is 3. The molecule has 2 amide bonds. The van der Waals surface area contributed by atoms with E-state index in [1.165, 1.54) is 27.7 Å². The van der Waals surface area contributed by atoms with Crippen molar-refractivity contribution >= 4 is 39.2 Å². The number of aromatic nitrogens is 2. The molecule has 8 heteroatoms. The number of carbonyl (C=O) groups is 2. The Bertz CT molecular complexity index is 1450. The predicted octanol–water partition coefficient (Wildman–Crippen LogP) is 6.02. The molecular formula is C29H30N4O3S. The van der Waals surface area contributed by atoms with Gasteiger partial charge in [-0.05, 0) is 73.2 Å². The largest absolute Gasteiger partial charge is 0.444 e. The number of hydrogen-bond acceptors (Lipinski definition) is 6. The summed E-state index contributed by atoms with van der Waals surface area (Å²) in [5, 5.41) is 15.2. The number of nitrogens with one attached hydrogen (secondary N) is 1. The van der Waals surface area contributed by atoms with E-state index in [-0.39, 0.29) is 12.0 Å². The average Bonchev–Trinajstić information content (AvgIpc) is 3.33. The minimum absolute atomic E-state index is 0.214.